The van der Waals surface area contributed by atoms with Gasteiger partial charge < -0.3 is 4.74 Å². The van der Waals surface area contributed by atoms with Crippen LogP contribution < -0.4 is 4.74 Å². The van der Waals surface area contributed by atoms with E-state index < -0.39 is 16.0 Å². The van der Waals surface area contributed by atoms with Gasteiger partial charge in [0, 0.05) is 24.2 Å². The predicted octanol–water partition coefficient (Wildman–Crippen LogP) is 4.90. The molecule has 0 atom stereocenters. The zero-order chi connectivity index (χ0) is 19.5. The maximum absolute atomic E-state index is 12.6. The molecule has 0 saturated heterocycles. The molecular weight excluding hydrogens is 421 g/mol. The third-order valence-electron chi connectivity index (χ3n) is 3.60. The molecule has 9 heteroatoms. The molecule has 26 heavy (non-hydrogen) atoms. The summed E-state index contributed by atoms with van der Waals surface area (Å²) in [5.41, 5.74) is -0.0871. The molecule has 140 valence electrons. The van der Waals surface area contributed by atoms with Crippen LogP contribution in [0.25, 0.3) is 0 Å². The van der Waals surface area contributed by atoms with E-state index in [-0.39, 0.29) is 26.3 Å². The first-order valence-electron chi connectivity index (χ1n) is 7.67. The zero-order valence-electron chi connectivity index (χ0n) is 14.0. The molecule has 5 nitrogen and oxygen atoms in total. The lowest BCUT2D eigenvalue weighted by molar-refractivity contribution is 0.0735. The maximum Gasteiger partial charge on any atom is 0.345 e. The average molecular weight is 437 g/mol. The predicted molar refractivity (Wildman–Crippen MR) is 103 cm³/mol. The fourth-order valence-electron chi connectivity index (χ4n) is 2.24. The number of benzene rings is 2. The second-order valence-corrected chi connectivity index (χ2v) is 8.38. The number of hydrogen-bond donors (Lipinski definition) is 0. The van der Waals surface area contributed by atoms with Gasteiger partial charge >= 0.3 is 5.97 Å². The van der Waals surface area contributed by atoms with Crippen molar-refractivity contribution in [3.05, 3.63) is 57.0 Å². The van der Waals surface area contributed by atoms with Crippen LogP contribution in [0.15, 0.2) is 41.3 Å². The maximum atomic E-state index is 12.6. The van der Waals surface area contributed by atoms with Gasteiger partial charge in [-0.25, -0.2) is 13.2 Å². The molecule has 0 aliphatic carbocycles. The van der Waals surface area contributed by atoms with Gasteiger partial charge in [0.2, 0.25) is 10.0 Å². The van der Waals surface area contributed by atoms with Crippen LogP contribution in [-0.2, 0) is 10.0 Å². The van der Waals surface area contributed by atoms with Crippen molar-refractivity contribution >= 4 is 50.8 Å². The van der Waals surface area contributed by atoms with E-state index in [1.807, 2.05) is 0 Å². The summed E-state index contributed by atoms with van der Waals surface area (Å²) in [6.45, 7) is 4.07. The van der Waals surface area contributed by atoms with Crippen LogP contribution >= 0.6 is 34.8 Å². The lowest BCUT2D eigenvalue weighted by Crippen LogP contribution is -2.30. The van der Waals surface area contributed by atoms with Gasteiger partial charge in [-0.15, -0.1) is 0 Å². The molecular formula is C17H16Cl3NO4S. The molecule has 0 aliphatic heterocycles. The normalized spacial score (nSPS) is 11.6. The topological polar surface area (TPSA) is 63.7 Å². The number of ether oxygens (including phenoxy) is 1. The number of rotatable bonds is 6. The number of carbonyl (C=O) groups excluding carboxylic acids is 1. The van der Waals surface area contributed by atoms with E-state index in [1.165, 1.54) is 34.6 Å². The molecule has 0 unspecified atom stereocenters. The van der Waals surface area contributed by atoms with E-state index in [4.69, 9.17) is 39.5 Å². The Morgan fingerprint density at radius 1 is 1.00 bits per heavy atom. The molecule has 0 aliphatic rings. The summed E-state index contributed by atoms with van der Waals surface area (Å²) in [6, 6.07) is 8.29. The minimum atomic E-state index is -3.74. The van der Waals surface area contributed by atoms with E-state index >= 15 is 0 Å². The highest BCUT2D eigenvalue weighted by Gasteiger charge is 2.24. The summed E-state index contributed by atoms with van der Waals surface area (Å²) in [6.07, 6.45) is 0. The Balaban J connectivity index is 2.41. The summed E-state index contributed by atoms with van der Waals surface area (Å²) in [4.78, 5) is 12.4. The molecule has 2 rings (SSSR count). The number of sulfonamides is 1. The SMILES string of the molecule is CCN(CC)S(=O)(=O)c1ccc(Cl)c(C(=O)Oc2cc(Cl)ccc2Cl)c1. The number of esters is 1. The molecule has 0 N–H and O–H groups in total. The van der Waals surface area contributed by atoms with Crippen LogP contribution in [0, 0.1) is 0 Å². The minimum absolute atomic E-state index is 0.0465. The van der Waals surface area contributed by atoms with Crippen molar-refractivity contribution in [2.45, 2.75) is 18.7 Å². The first-order chi connectivity index (χ1) is 12.2. The molecule has 0 amide bonds. The van der Waals surface area contributed by atoms with Gasteiger partial charge in [0.1, 0.15) is 0 Å². The molecule has 0 heterocycles. The Morgan fingerprint density at radius 3 is 2.23 bits per heavy atom. The zero-order valence-corrected chi connectivity index (χ0v) is 17.1. The highest BCUT2D eigenvalue weighted by atomic mass is 35.5. The number of hydrogen-bond acceptors (Lipinski definition) is 4. The van der Waals surface area contributed by atoms with Crippen LogP contribution in [0.4, 0.5) is 0 Å². The Hall–Kier alpha value is -1.31. The summed E-state index contributed by atoms with van der Waals surface area (Å²) in [5.74, 6) is -0.784. The molecule has 0 bridgehead atoms. The summed E-state index contributed by atoms with van der Waals surface area (Å²) in [7, 11) is -3.74. The number of nitrogens with zero attached hydrogens (tertiary/aromatic N) is 1. The van der Waals surface area contributed by atoms with Gasteiger partial charge in [-0.3, -0.25) is 0 Å². The van der Waals surface area contributed by atoms with Crippen LogP contribution in [-0.4, -0.2) is 31.8 Å². The fourth-order valence-corrected chi connectivity index (χ4v) is 4.24. The van der Waals surface area contributed by atoms with Gasteiger partial charge in [0.15, 0.2) is 5.75 Å². The summed E-state index contributed by atoms with van der Waals surface area (Å²) >= 11 is 17.9. The largest absolute Gasteiger partial charge is 0.421 e. The van der Waals surface area contributed by atoms with Crippen molar-refractivity contribution in [1.82, 2.24) is 4.31 Å². The van der Waals surface area contributed by atoms with Crippen molar-refractivity contribution in [1.29, 1.82) is 0 Å². The van der Waals surface area contributed by atoms with Gasteiger partial charge in [-0.05, 0) is 30.3 Å². The van der Waals surface area contributed by atoms with Crippen LogP contribution in [0.3, 0.4) is 0 Å². The summed E-state index contributed by atoms with van der Waals surface area (Å²) < 4.78 is 31.8. The van der Waals surface area contributed by atoms with E-state index in [2.05, 4.69) is 0 Å². The van der Waals surface area contributed by atoms with Gasteiger partial charge in [0.05, 0.1) is 20.5 Å². The third kappa shape index (κ3) is 4.50. The number of carbonyl (C=O) groups is 1. The Labute approximate surface area is 167 Å². The summed E-state index contributed by atoms with van der Waals surface area (Å²) in [5, 5.41) is 0.582. The first-order valence-corrected chi connectivity index (χ1v) is 10.2. The lowest BCUT2D eigenvalue weighted by Gasteiger charge is -2.19. The van der Waals surface area contributed by atoms with Crippen LogP contribution in [0.1, 0.15) is 24.2 Å². The van der Waals surface area contributed by atoms with Gasteiger partial charge in [-0.1, -0.05) is 48.7 Å². The molecule has 0 spiro atoms. The van der Waals surface area contributed by atoms with Crippen molar-refractivity contribution in [3.8, 4) is 5.75 Å². The van der Waals surface area contributed by atoms with Crippen molar-refractivity contribution < 1.29 is 17.9 Å². The van der Waals surface area contributed by atoms with Crippen LogP contribution in [0.2, 0.25) is 15.1 Å². The van der Waals surface area contributed by atoms with E-state index in [0.29, 0.717) is 18.1 Å². The van der Waals surface area contributed by atoms with E-state index in [0.717, 1.165) is 0 Å². The molecule has 0 radical (unpaired) electrons. The van der Waals surface area contributed by atoms with Crippen molar-refractivity contribution in [2.75, 3.05) is 13.1 Å². The second-order valence-electron chi connectivity index (χ2n) is 5.20. The molecule has 2 aromatic carbocycles. The quantitative estimate of drug-likeness (QED) is 0.477. The minimum Gasteiger partial charge on any atom is -0.421 e. The third-order valence-corrected chi connectivity index (χ3v) is 6.52. The molecule has 0 saturated carbocycles. The second kappa shape index (κ2) is 8.59. The molecule has 2 aromatic rings. The standard InChI is InChI=1S/C17H16Cl3NO4S/c1-3-21(4-2)26(23,24)12-6-8-14(19)13(10-12)17(22)25-16-9-11(18)5-7-15(16)20/h5-10H,3-4H2,1-2H3. The van der Waals surface area contributed by atoms with E-state index in [1.54, 1.807) is 19.9 Å². The Morgan fingerprint density at radius 2 is 1.62 bits per heavy atom. The Bertz CT molecular complexity index is 928. The smallest absolute Gasteiger partial charge is 0.345 e. The van der Waals surface area contributed by atoms with Crippen molar-refractivity contribution in [3.63, 3.8) is 0 Å². The molecule has 0 fully saturated rings. The monoisotopic (exact) mass is 435 g/mol. The fraction of sp³-hybridized carbons (Fsp3) is 0.235. The highest BCUT2D eigenvalue weighted by Crippen LogP contribution is 2.30. The van der Waals surface area contributed by atoms with Gasteiger partial charge in [0.25, 0.3) is 0 Å². The number of halogens is 3. The molecule has 0 aromatic heterocycles. The average Bonchev–Trinajstić information content (AvgIpc) is 2.59. The highest BCUT2D eigenvalue weighted by molar-refractivity contribution is 7.89. The first kappa shape index (κ1) is 21.0. The lowest BCUT2D eigenvalue weighted by atomic mass is 10.2. The van der Waals surface area contributed by atoms with Crippen LogP contribution in [0.5, 0.6) is 5.75 Å². The Kier molecular flexibility index (Phi) is 6.93. The van der Waals surface area contributed by atoms with E-state index in [9.17, 15) is 13.2 Å². The van der Waals surface area contributed by atoms with Crippen molar-refractivity contribution in [2.24, 2.45) is 0 Å². The van der Waals surface area contributed by atoms with Gasteiger partial charge in [-0.2, -0.15) is 4.31 Å².